The third-order valence-corrected chi connectivity index (χ3v) is 1.99. The molecule has 0 spiro atoms. The van der Waals surface area contributed by atoms with Crippen LogP contribution in [0.5, 0.6) is 0 Å². The lowest BCUT2D eigenvalue weighted by Crippen LogP contribution is -2.02. The quantitative estimate of drug-likeness (QED) is 0.508. The number of ketones is 1. The van der Waals surface area contributed by atoms with E-state index in [4.69, 9.17) is 0 Å². The van der Waals surface area contributed by atoms with Gasteiger partial charge in [0.1, 0.15) is 5.78 Å². The van der Waals surface area contributed by atoms with Gasteiger partial charge in [-0.25, -0.2) is 0 Å². The minimum atomic E-state index is 0.278. The summed E-state index contributed by atoms with van der Waals surface area (Å²) >= 11 is 0. The van der Waals surface area contributed by atoms with Crippen molar-refractivity contribution in [2.45, 2.75) is 25.7 Å². The molecule has 0 aliphatic carbocycles. The van der Waals surface area contributed by atoms with Crippen molar-refractivity contribution < 1.29 is 4.79 Å². The largest absolute Gasteiger partial charge is 0.299 e. The highest BCUT2D eigenvalue weighted by Crippen LogP contribution is 2.03. The number of unbranched alkanes of at least 4 members (excludes halogenated alkanes) is 1. The molecule has 2 nitrogen and oxygen atoms in total. The molecule has 1 aromatic rings. The Balaban J connectivity index is 2.31. The van der Waals surface area contributed by atoms with Gasteiger partial charge >= 0.3 is 0 Å². The molecule has 0 saturated carbocycles. The Morgan fingerprint density at radius 3 is 3.07 bits per heavy atom. The predicted octanol–water partition coefficient (Wildman–Crippen LogP) is 2.55. The molecule has 0 fully saturated rings. The van der Waals surface area contributed by atoms with Gasteiger partial charge in [0.2, 0.25) is 0 Å². The summed E-state index contributed by atoms with van der Waals surface area (Å²) in [6, 6.07) is 3.78. The highest BCUT2D eigenvalue weighted by Gasteiger charge is 2.02. The Kier molecular flexibility index (Phi) is 4.62. The fourth-order valence-corrected chi connectivity index (χ4v) is 1.26. The number of nitrogens with zero attached hydrogens (tertiary/aromatic N) is 1. The van der Waals surface area contributed by atoms with Gasteiger partial charge in [0.25, 0.3) is 0 Å². The van der Waals surface area contributed by atoms with Gasteiger partial charge < -0.3 is 0 Å². The fourth-order valence-electron chi connectivity index (χ4n) is 1.26. The second-order valence-electron chi connectivity index (χ2n) is 3.26. The van der Waals surface area contributed by atoms with E-state index in [2.05, 4.69) is 11.6 Å². The number of carbonyl (C=O) groups is 1. The lowest BCUT2D eigenvalue weighted by Gasteiger charge is -1.99. The summed E-state index contributed by atoms with van der Waals surface area (Å²) in [5.74, 6) is 0.278. The van der Waals surface area contributed by atoms with E-state index >= 15 is 0 Å². The first-order chi connectivity index (χ1) is 6.83. The summed E-state index contributed by atoms with van der Waals surface area (Å²) < 4.78 is 0. The van der Waals surface area contributed by atoms with Crippen LogP contribution in [0.4, 0.5) is 0 Å². The number of aromatic nitrogens is 1. The Bertz CT molecular complexity index is 292. The maximum absolute atomic E-state index is 11.4. The molecule has 0 bridgehead atoms. The smallest absolute Gasteiger partial charge is 0.137 e. The van der Waals surface area contributed by atoms with Gasteiger partial charge in [-0.05, 0) is 24.5 Å². The van der Waals surface area contributed by atoms with Crippen LogP contribution in [-0.4, -0.2) is 10.8 Å². The number of Topliss-reactive ketones (excluding diaryl/α,β-unsaturated/α-hetero) is 1. The molecule has 0 saturated heterocycles. The Morgan fingerprint density at radius 1 is 1.57 bits per heavy atom. The summed E-state index contributed by atoms with van der Waals surface area (Å²) in [4.78, 5) is 15.4. The van der Waals surface area contributed by atoms with E-state index in [9.17, 15) is 4.79 Å². The van der Waals surface area contributed by atoms with Crippen LogP contribution in [0, 0.1) is 0 Å². The van der Waals surface area contributed by atoms with Crippen molar-refractivity contribution in [3.63, 3.8) is 0 Å². The van der Waals surface area contributed by atoms with Gasteiger partial charge in [0.05, 0.1) is 0 Å². The first-order valence-corrected chi connectivity index (χ1v) is 4.84. The summed E-state index contributed by atoms with van der Waals surface area (Å²) in [6.07, 6.45) is 8.27. The highest BCUT2D eigenvalue weighted by molar-refractivity contribution is 5.80. The van der Waals surface area contributed by atoms with Crippen molar-refractivity contribution in [2.75, 3.05) is 0 Å². The average Bonchev–Trinajstić information content (AvgIpc) is 2.20. The molecule has 0 aliphatic rings. The van der Waals surface area contributed by atoms with E-state index < -0.39 is 0 Å². The molecule has 0 aromatic carbocycles. The zero-order chi connectivity index (χ0) is 10.2. The number of allylic oxidation sites excluding steroid dienone is 1. The molecule has 0 aliphatic heterocycles. The molecule has 0 radical (unpaired) electrons. The maximum atomic E-state index is 11.4. The van der Waals surface area contributed by atoms with E-state index in [-0.39, 0.29) is 5.78 Å². The van der Waals surface area contributed by atoms with E-state index in [0.717, 1.165) is 18.4 Å². The number of hydrogen-bond acceptors (Lipinski definition) is 2. The molecule has 0 amide bonds. The molecule has 1 aromatic heterocycles. The number of rotatable bonds is 6. The van der Waals surface area contributed by atoms with Crippen LogP contribution in [0.25, 0.3) is 0 Å². The predicted molar refractivity (Wildman–Crippen MR) is 57.0 cm³/mol. The molecule has 1 rings (SSSR count). The van der Waals surface area contributed by atoms with Crippen LogP contribution in [0.2, 0.25) is 0 Å². The first-order valence-electron chi connectivity index (χ1n) is 4.84. The van der Waals surface area contributed by atoms with Crippen LogP contribution in [-0.2, 0) is 11.2 Å². The molecule has 14 heavy (non-hydrogen) atoms. The molecule has 1 heterocycles. The molecule has 0 unspecified atom stereocenters. The van der Waals surface area contributed by atoms with Gasteiger partial charge in [0.15, 0.2) is 0 Å². The topological polar surface area (TPSA) is 30.0 Å². The fraction of sp³-hybridized carbons (Fsp3) is 0.333. The van der Waals surface area contributed by atoms with Gasteiger partial charge in [-0.15, -0.1) is 6.58 Å². The normalized spacial score (nSPS) is 9.71. The third-order valence-electron chi connectivity index (χ3n) is 1.99. The second-order valence-corrected chi connectivity index (χ2v) is 3.26. The molecule has 2 heteroatoms. The molecule has 0 N–H and O–H groups in total. The zero-order valence-electron chi connectivity index (χ0n) is 8.28. The molecular weight excluding hydrogens is 174 g/mol. The van der Waals surface area contributed by atoms with Gasteiger partial charge in [-0.1, -0.05) is 12.1 Å². The monoisotopic (exact) mass is 189 g/mol. The highest BCUT2D eigenvalue weighted by atomic mass is 16.1. The minimum Gasteiger partial charge on any atom is -0.299 e. The summed E-state index contributed by atoms with van der Waals surface area (Å²) in [5, 5.41) is 0. The Hall–Kier alpha value is -1.44. The van der Waals surface area contributed by atoms with Crippen LogP contribution >= 0.6 is 0 Å². The third kappa shape index (κ3) is 3.99. The van der Waals surface area contributed by atoms with Crippen molar-refractivity contribution in [3.05, 3.63) is 42.7 Å². The zero-order valence-corrected chi connectivity index (χ0v) is 8.28. The second kappa shape index (κ2) is 6.08. The molecule has 74 valence electrons. The summed E-state index contributed by atoms with van der Waals surface area (Å²) in [5.41, 5.74) is 0.996. The first kappa shape index (κ1) is 10.6. The lowest BCUT2D eigenvalue weighted by molar-refractivity contribution is -0.118. The lowest BCUT2D eigenvalue weighted by atomic mass is 10.1. The van der Waals surface area contributed by atoms with Crippen molar-refractivity contribution >= 4 is 5.78 Å². The SMILES string of the molecule is C=CCCCC(=O)Cc1cccnc1. The summed E-state index contributed by atoms with van der Waals surface area (Å²) in [6.45, 7) is 3.62. The van der Waals surface area contributed by atoms with Crippen molar-refractivity contribution in [3.8, 4) is 0 Å². The van der Waals surface area contributed by atoms with E-state index in [1.807, 2.05) is 18.2 Å². The van der Waals surface area contributed by atoms with E-state index in [1.54, 1.807) is 12.4 Å². The van der Waals surface area contributed by atoms with Gasteiger partial charge in [0, 0.05) is 25.2 Å². The van der Waals surface area contributed by atoms with E-state index in [0.29, 0.717) is 12.8 Å². The van der Waals surface area contributed by atoms with Crippen molar-refractivity contribution in [2.24, 2.45) is 0 Å². The van der Waals surface area contributed by atoms with Crippen molar-refractivity contribution in [1.82, 2.24) is 4.98 Å². The Morgan fingerprint density at radius 2 is 2.43 bits per heavy atom. The van der Waals surface area contributed by atoms with Crippen LogP contribution in [0.3, 0.4) is 0 Å². The van der Waals surface area contributed by atoms with Gasteiger partial charge in [-0.2, -0.15) is 0 Å². The standard InChI is InChI=1S/C12H15NO/c1-2-3-4-7-12(14)9-11-6-5-8-13-10-11/h2,5-6,8,10H,1,3-4,7,9H2. The van der Waals surface area contributed by atoms with Crippen LogP contribution in [0.1, 0.15) is 24.8 Å². The molecule has 0 atom stereocenters. The summed E-state index contributed by atoms with van der Waals surface area (Å²) in [7, 11) is 0. The average molecular weight is 189 g/mol. The molecular formula is C12H15NO. The number of pyridine rings is 1. The number of carbonyl (C=O) groups excluding carboxylic acids is 1. The van der Waals surface area contributed by atoms with Crippen LogP contribution in [0.15, 0.2) is 37.2 Å². The van der Waals surface area contributed by atoms with Gasteiger partial charge in [-0.3, -0.25) is 9.78 Å². The number of hydrogen-bond donors (Lipinski definition) is 0. The Labute approximate surface area is 84.7 Å². The van der Waals surface area contributed by atoms with E-state index in [1.165, 1.54) is 0 Å². The van der Waals surface area contributed by atoms with Crippen LogP contribution < -0.4 is 0 Å². The maximum Gasteiger partial charge on any atom is 0.137 e. The van der Waals surface area contributed by atoms with Crippen molar-refractivity contribution in [1.29, 1.82) is 0 Å². The minimum absolute atomic E-state index is 0.278.